The lowest BCUT2D eigenvalue weighted by atomic mass is 10.2. The van der Waals surface area contributed by atoms with Gasteiger partial charge in [-0.05, 0) is 36.8 Å². The van der Waals surface area contributed by atoms with Crippen LogP contribution in [0.15, 0.2) is 36.4 Å². The van der Waals surface area contributed by atoms with Gasteiger partial charge in [-0.1, -0.05) is 0 Å². The zero-order valence-electron chi connectivity index (χ0n) is 13.4. The van der Waals surface area contributed by atoms with Gasteiger partial charge in [0.25, 0.3) is 5.69 Å². The highest BCUT2D eigenvalue weighted by molar-refractivity contribution is 5.86. The molecule has 2 rings (SSSR count). The predicted molar refractivity (Wildman–Crippen MR) is 90.3 cm³/mol. The van der Waals surface area contributed by atoms with Crippen LogP contribution in [0.2, 0.25) is 0 Å². The van der Waals surface area contributed by atoms with Crippen molar-refractivity contribution in [2.45, 2.75) is 6.92 Å². The fourth-order valence-corrected chi connectivity index (χ4v) is 2.24. The molecule has 0 saturated heterocycles. The van der Waals surface area contributed by atoms with Crippen molar-refractivity contribution in [3.63, 3.8) is 0 Å². The van der Waals surface area contributed by atoms with Crippen LogP contribution in [0.25, 0.3) is 0 Å². The van der Waals surface area contributed by atoms with Crippen LogP contribution in [0, 0.1) is 17.0 Å². The number of nitrogens with zero attached hydrogens (tertiary/aromatic N) is 2. The van der Waals surface area contributed by atoms with E-state index in [0.29, 0.717) is 22.9 Å². The number of aryl methyl sites for hydroxylation is 1. The first kappa shape index (κ1) is 17.1. The zero-order chi connectivity index (χ0) is 17.9. The van der Waals surface area contributed by atoms with Crippen LogP contribution in [0.5, 0.6) is 11.5 Å². The fourth-order valence-electron chi connectivity index (χ4n) is 2.24. The smallest absolute Gasteiger partial charge is 0.411 e. The van der Waals surface area contributed by atoms with Gasteiger partial charge >= 0.3 is 6.09 Å². The molecule has 2 aromatic rings. The standard InChI is InChI=1S/C16H17N3O5/c1-10-8-11(4-6-14(10)18(3)16(20)21)24-12-5-7-15(19(22)23)13(9-12)17-2/h4-9,17H,1-3H3,(H,20,21). The normalized spacial score (nSPS) is 10.1. The van der Waals surface area contributed by atoms with Crippen LogP contribution in [-0.2, 0) is 0 Å². The number of nitro groups is 1. The van der Waals surface area contributed by atoms with Crippen molar-refractivity contribution >= 4 is 23.2 Å². The van der Waals surface area contributed by atoms with E-state index in [1.54, 1.807) is 32.2 Å². The van der Waals surface area contributed by atoms with Crippen molar-refractivity contribution in [3.8, 4) is 11.5 Å². The number of hydrogen-bond acceptors (Lipinski definition) is 5. The van der Waals surface area contributed by atoms with Gasteiger partial charge in [0.15, 0.2) is 0 Å². The Labute approximate surface area is 138 Å². The Hall–Kier alpha value is -3.29. The quantitative estimate of drug-likeness (QED) is 0.637. The molecule has 0 aromatic heterocycles. The molecule has 0 aliphatic rings. The summed E-state index contributed by atoms with van der Waals surface area (Å²) in [6, 6.07) is 9.39. The number of hydrogen-bond donors (Lipinski definition) is 2. The van der Waals surface area contributed by atoms with Crippen LogP contribution in [0.4, 0.5) is 21.9 Å². The SMILES string of the molecule is CNc1cc(Oc2ccc(N(C)C(=O)O)c(C)c2)ccc1[N+](=O)[O-]. The monoisotopic (exact) mass is 331 g/mol. The fraction of sp³-hybridized carbons (Fsp3) is 0.188. The number of ether oxygens (including phenoxy) is 1. The molecule has 0 aliphatic heterocycles. The van der Waals surface area contributed by atoms with Crippen LogP contribution in [0.1, 0.15) is 5.56 Å². The lowest BCUT2D eigenvalue weighted by molar-refractivity contribution is -0.384. The van der Waals surface area contributed by atoms with Crippen molar-refractivity contribution in [2.75, 3.05) is 24.3 Å². The Bertz CT molecular complexity index is 791. The third-order valence-corrected chi connectivity index (χ3v) is 3.49. The number of nitrogens with one attached hydrogen (secondary N) is 1. The average molecular weight is 331 g/mol. The highest BCUT2D eigenvalue weighted by atomic mass is 16.6. The number of rotatable bonds is 5. The second kappa shape index (κ2) is 6.86. The average Bonchev–Trinajstić information content (AvgIpc) is 2.54. The molecule has 0 bridgehead atoms. The van der Waals surface area contributed by atoms with Gasteiger partial charge in [0, 0.05) is 31.9 Å². The van der Waals surface area contributed by atoms with Crippen LogP contribution in [0.3, 0.4) is 0 Å². The minimum atomic E-state index is -1.05. The summed E-state index contributed by atoms with van der Waals surface area (Å²) in [6.07, 6.45) is -1.05. The van der Waals surface area contributed by atoms with E-state index < -0.39 is 11.0 Å². The highest BCUT2D eigenvalue weighted by Gasteiger charge is 2.15. The van der Waals surface area contributed by atoms with Crippen molar-refractivity contribution in [1.29, 1.82) is 0 Å². The molecule has 8 heteroatoms. The molecule has 24 heavy (non-hydrogen) atoms. The third-order valence-electron chi connectivity index (χ3n) is 3.49. The minimum Gasteiger partial charge on any atom is -0.465 e. The van der Waals surface area contributed by atoms with Gasteiger partial charge in [0.1, 0.15) is 17.2 Å². The number of amides is 1. The first-order chi connectivity index (χ1) is 11.3. The number of benzene rings is 2. The van der Waals surface area contributed by atoms with E-state index >= 15 is 0 Å². The molecule has 1 amide bonds. The number of carboxylic acid groups (broad SMARTS) is 1. The van der Waals surface area contributed by atoms with Crippen molar-refractivity contribution < 1.29 is 19.6 Å². The topological polar surface area (TPSA) is 105 Å². The van der Waals surface area contributed by atoms with E-state index in [0.717, 1.165) is 10.5 Å². The first-order valence-electron chi connectivity index (χ1n) is 7.05. The molecule has 8 nitrogen and oxygen atoms in total. The Morgan fingerprint density at radius 2 is 1.88 bits per heavy atom. The van der Waals surface area contributed by atoms with Crippen molar-refractivity contribution in [1.82, 2.24) is 0 Å². The Morgan fingerprint density at radius 3 is 2.42 bits per heavy atom. The third kappa shape index (κ3) is 3.54. The van der Waals surface area contributed by atoms with Gasteiger partial charge in [-0.15, -0.1) is 0 Å². The summed E-state index contributed by atoms with van der Waals surface area (Å²) in [7, 11) is 3.05. The van der Waals surface area contributed by atoms with E-state index in [4.69, 9.17) is 9.84 Å². The number of anilines is 2. The second-order valence-electron chi connectivity index (χ2n) is 5.08. The molecule has 0 radical (unpaired) electrons. The molecule has 126 valence electrons. The van der Waals surface area contributed by atoms with Gasteiger partial charge in [-0.2, -0.15) is 0 Å². The molecule has 0 fully saturated rings. The molecular formula is C16H17N3O5. The zero-order valence-corrected chi connectivity index (χ0v) is 13.4. The molecule has 0 heterocycles. The Kier molecular flexibility index (Phi) is 4.88. The summed E-state index contributed by atoms with van der Waals surface area (Å²) in [5.41, 5.74) is 1.58. The maximum atomic E-state index is 11.0. The van der Waals surface area contributed by atoms with E-state index in [9.17, 15) is 14.9 Å². The lowest BCUT2D eigenvalue weighted by Gasteiger charge is -2.17. The van der Waals surface area contributed by atoms with Crippen molar-refractivity contribution in [2.24, 2.45) is 0 Å². The maximum Gasteiger partial charge on any atom is 0.411 e. The van der Waals surface area contributed by atoms with Crippen molar-refractivity contribution in [3.05, 3.63) is 52.1 Å². The summed E-state index contributed by atoms with van der Waals surface area (Å²) in [4.78, 5) is 22.6. The molecule has 0 saturated carbocycles. The van der Waals surface area contributed by atoms with Gasteiger partial charge < -0.3 is 15.2 Å². The first-order valence-corrected chi connectivity index (χ1v) is 7.05. The second-order valence-corrected chi connectivity index (χ2v) is 5.08. The molecule has 2 aromatic carbocycles. The van der Waals surface area contributed by atoms with E-state index in [1.807, 2.05) is 0 Å². The molecule has 0 aliphatic carbocycles. The van der Waals surface area contributed by atoms with Gasteiger partial charge in [-0.3, -0.25) is 15.0 Å². The molecular weight excluding hydrogens is 314 g/mol. The highest BCUT2D eigenvalue weighted by Crippen LogP contribution is 2.32. The molecule has 0 unspecified atom stereocenters. The largest absolute Gasteiger partial charge is 0.465 e. The molecule has 2 N–H and O–H groups in total. The predicted octanol–water partition coefficient (Wildman–Crippen LogP) is 3.85. The van der Waals surface area contributed by atoms with Crippen LogP contribution < -0.4 is 15.0 Å². The van der Waals surface area contributed by atoms with Gasteiger partial charge in [0.05, 0.1) is 4.92 Å². The number of nitro benzene ring substituents is 1. The van der Waals surface area contributed by atoms with Crippen LogP contribution >= 0.6 is 0 Å². The minimum absolute atomic E-state index is 0.0422. The summed E-state index contributed by atoms with van der Waals surface area (Å²) in [5, 5.41) is 22.7. The Balaban J connectivity index is 2.27. The Morgan fingerprint density at radius 1 is 1.25 bits per heavy atom. The molecule has 0 atom stereocenters. The summed E-state index contributed by atoms with van der Waals surface area (Å²) in [6.45, 7) is 1.77. The van der Waals surface area contributed by atoms with E-state index in [-0.39, 0.29) is 5.69 Å². The van der Waals surface area contributed by atoms with Gasteiger partial charge in [-0.25, -0.2) is 4.79 Å². The van der Waals surface area contributed by atoms with Crippen LogP contribution in [-0.4, -0.2) is 30.2 Å². The van der Waals surface area contributed by atoms with E-state index in [1.165, 1.54) is 25.2 Å². The summed E-state index contributed by atoms with van der Waals surface area (Å²) in [5.74, 6) is 0.939. The molecule has 0 spiro atoms. The number of carbonyl (C=O) groups is 1. The lowest BCUT2D eigenvalue weighted by Crippen LogP contribution is -2.24. The maximum absolute atomic E-state index is 11.0. The summed E-state index contributed by atoms with van der Waals surface area (Å²) < 4.78 is 5.70. The van der Waals surface area contributed by atoms with E-state index in [2.05, 4.69) is 5.32 Å². The van der Waals surface area contributed by atoms with Gasteiger partial charge in [0.2, 0.25) is 0 Å². The summed E-state index contributed by atoms with van der Waals surface area (Å²) >= 11 is 0.